The van der Waals surface area contributed by atoms with Gasteiger partial charge in [0.05, 0.1) is 25.0 Å². The van der Waals surface area contributed by atoms with E-state index in [1.807, 2.05) is 48.5 Å². The lowest BCUT2D eigenvalue weighted by Crippen LogP contribution is -2.48. The number of allylic oxidation sites excluding steroid dienone is 1. The molecule has 10 nitrogen and oxygen atoms in total. The van der Waals surface area contributed by atoms with Crippen LogP contribution in [0.2, 0.25) is 0 Å². The molecule has 0 saturated carbocycles. The number of carbonyl (C=O) groups is 3. The van der Waals surface area contributed by atoms with Gasteiger partial charge < -0.3 is 23.6 Å². The summed E-state index contributed by atoms with van der Waals surface area (Å²) in [6, 6.07) is 20.5. The largest absolute Gasteiger partial charge is 0.458 e. The van der Waals surface area contributed by atoms with E-state index in [4.69, 9.17) is 18.5 Å². The van der Waals surface area contributed by atoms with Crippen LogP contribution in [0.15, 0.2) is 72.9 Å². The molecule has 4 rings (SSSR count). The Hall–Kier alpha value is -3.61. The Labute approximate surface area is 240 Å². The lowest BCUT2D eigenvalue weighted by molar-refractivity contribution is -0.152. The number of hydrogen-bond donors (Lipinski definition) is 1. The molecule has 1 N–H and O–H groups in total. The molecular weight excluding hydrogens is 547 g/mol. The second kappa shape index (κ2) is 13.4. The van der Waals surface area contributed by atoms with Gasteiger partial charge in [0.2, 0.25) is 14.3 Å². The Bertz CT molecular complexity index is 1300. The van der Waals surface area contributed by atoms with E-state index in [1.54, 1.807) is 26.0 Å². The van der Waals surface area contributed by atoms with Crippen molar-refractivity contribution in [3.63, 3.8) is 0 Å². The van der Waals surface area contributed by atoms with E-state index >= 15 is 0 Å². The van der Waals surface area contributed by atoms with Crippen LogP contribution >= 0.6 is 8.38 Å². The van der Waals surface area contributed by atoms with Crippen LogP contribution in [0, 0.1) is 22.7 Å². The first-order valence-electron chi connectivity index (χ1n) is 13.3. The number of para-hydroxylation sites is 1. The van der Waals surface area contributed by atoms with Gasteiger partial charge in [0.25, 0.3) is 0 Å². The number of ketones is 1. The zero-order valence-electron chi connectivity index (χ0n) is 23.1. The van der Waals surface area contributed by atoms with E-state index < -0.39 is 56.1 Å². The van der Waals surface area contributed by atoms with Crippen molar-refractivity contribution in [1.29, 1.82) is 5.26 Å². The minimum Gasteiger partial charge on any atom is -0.458 e. The summed E-state index contributed by atoms with van der Waals surface area (Å²) in [6.45, 7) is 4.86. The summed E-state index contributed by atoms with van der Waals surface area (Å²) in [6.07, 6.45) is -1.47. The van der Waals surface area contributed by atoms with Crippen LogP contribution in [0.1, 0.15) is 38.9 Å². The van der Waals surface area contributed by atoms with Crippen molar-refractivity contribution in [1.82, 2.24) is 4.90 Å². The van der Waals surface area contributed by atoms with Gasteiger partial charge in [0, 0.05) is 12.4 Å². The molecule has 0 bridgehead atoms. The predicted molar refractivity (Wildman–Crippen MR) is 149 cm³/mol. The zero-order valence-corrected chi connectivity index (χ0v) is 24.0. The SMILES string of the molecule is C[C@H](CP(OC[C@H]1O[C@@H](N2C=CC(=O)CC2=O)[C@](C)(C#N)[C@@H]1O)Oc1ccccc1)C(=O)O[C@@H](C)c1ccccc1. The first-order valence-corrected chi connectivity index (χ1v) is 14.6. The van der Waals surface area contributed by atoms with Crippen molar-refractivity contribution in [2.75, 3.05) is 12.8 Å². The van der Waals surface area contributed by atoms with Gasteiger partial charge in [-0.3, -0.25) is 19.3 Å². The summed E-state index contributed by atoms with van der Waals surface area (Å²) in [4.78, 5) is 38.3. The van der Waals surface area contributed by atoms with Crippen LogP contribution in [0.3, 0.4) is 0 Å². The molecule has 0 radical (unpaired) electrons. The quantitative estimate of drug-likeness (QED) is 0.235. The second-order valence-corrected chi connectivity index (χ2v) is 11.7. The molecule has 216 valence electrons. The molecule has 2 aromatic rings. The monoisotopic (exact) mass is 580 g/mol. The molecule has 0 aromatic heterocycles. The Balaban J connectivity index is 1.44. The Morgan fingerprint density at radius 1 is 1.17 bits per heavy atom. The fourth-order valence-corrected chi connectivity index (χ4v) is 6.03. The third-order valence-electron chi connectivity index (χ3n) is 7.03. The predicted octanol–water partition coefficient (Wildman–Crippen LogP) is 4.27. The number of nitrogens with zero attached hydrogens (tertiary/aromatic N) is 2. The third-order valence-corrected chi connectivity index (χ3v) is 8.73. The zero-order chi connectivity index (χ0) is 29.6. The number of hydrogen-bond acceptors (Lipinski definition) is 9. The Morgan fingerprint density at radius 3 is 2.46 bits per heavy atom. The lowest BCUT2D eigenvalue weighted by atomic mass is 9.83. The number of benzene rings is 2. The number of amides is 1. The van der Waals surface area contributed by atoms with E-state index in [-0.39, 0.29) is 25.0 Å². The van der Waals surface area contributed by atoms with Crippen LogP contribution in [0.5, 0.6) is 5.75 Å². The van der Waals surface area contributed by atoms with E-state index in [2.05, 4.69) is 6.07 Å². The molecule has 1 amide bonds. The van der Waals surface area contributed by atoms with E-state index in [0.29, 0.717) is 5.75 Å². The first-order chi connectivity index (χ1) is 19.6. The number of nitriles is 1. The van der Waals surface area contributed by atoms with E-state index in [9.17, 15) is 24.8 Å². The molecule has 1 saturated heterocycles. The minimum absolute atomic E-state index is 0.166. The average Bonchev–Trinajstić information content (AvgIpc) is 3.22. The molecule has 2 heterocycles. The van der Waals surface area contributed by atoms with Crippen LogP contribution in [0.25, 0.3) is 0 Å². The molecule has 0 aliphatic carbocycles. The highest BCUT2D eigenvalue weighted by molar-refractivity contribution is 7.47. The third kappa shape index (κ3) is 7.19. The summed E-state index contributed by atoms with van der Waals surface area (Å²) in [5.41, 5.74) is -0.608. The molecule has 2 aromatic carbocycles. The van der Waals surface area contributed by atoms with Crippen molar-refractivity contribution in [3.8, 4) is 11.8 Å². The average molecular weight is 581 g/mol. The molecule has 7 atom stereocenters. The lowest BCUT2D eigenvalue weighted by Gasteiger charge is -2.33. The van der Waals surface area contributed by atoms with Gasteiger partial charge in [-0.25, -0.2) is 0 Å². The summed E-state index contributed by atoms with van der Waals surface area (Å²) in [5, 5.41) is 21.0. The molecule has 41 heavy (non-hydrogen) atoms. The maximum Gasteiger partial charge on any atom is 0.309 e. The van der Waals surface area contributed by atoms with Gasteiger partial charge in [-0.05, 0) is 37.6 Å². The van der Waals surface area contributed by atoms with Crippen molar-refractivity contribution >= 4 is 26.0 Å². The highest BCUT2D eigenvalue weighted by Crippen LogP contribution is 2.45. The van der Waals surface area contributed by atoms with Crippen molar-refractivity contribution < 1.29 is 38.0 Å². The van der Waals surface area contributed by atoms with Crippen LogP contribution < -0.4 is 4.52 Å². The molecule has 1 unspecified atom stereocenters. The summed E-state index contributed by atoms with van der Waals surface area (Å²) >= 11 is 0. The number of ether oxygens (including phenoxy) is 2. The van der Waals surface area contributed by atoms with E-state index in [0.717, 1.165) is 5.56 Å². The topological polar surface area (TPSA) is 135 Å². The smallest absolute Gasteiger partial charge is 0.309 e. The highest BCUT2D eigenvalue weighted by atomic mass is 31.2. The summed E-state index contributed by atoms with van der Waals surface area (Å²) in [7, 11) is -1.72. The maximum atomic E-state index is 12.9. The molecule has 2 aliphatic rings. The Kier molecular flexibility index (Phi) is 9.90. The molecule has 0 spiro atoms. The van der Waals surface area contributed by atoms with Crippen molar-refractivity contribution in [2.24, 2.45) is 11.3 Å². The van der Waals surface area contributed by atoms with Crippen molar-refractivity contribution in [2.45, 2.75) is 51.7 Å². The van der Waals surface area contributed by atoms with Crippen molar-refractivity contribution in [3.05, 3.63) is 78.5 Å². The van der Waals surface area contributed by atoms with Gasteiger partial charge in [0.15, 0.2) is 12.0 Å². The minimum atomic E-state index is -1.72. The standard InChI is InChI=1S/C30H33N2O8P/c1-20(28(36)38-21(2)22-10-6-4-7-11-22)18-41(40-24-12-8-5-9-13-24)37-17-25-27(35)30(3,19-31)29(39-25)32-15-14-23(33)16-26(32)34/h4-15,20-21,25,27,29,35H,16-18H2,1-3H3/t20-,21+,25-,27-,29-,30-,41?/m1/s1. The first kappa shape index (κ1) is 30.4. The van der Waals surface area contributed by atoms with Crippen LogP contribution in [-0.2, 0) is 28.4 Å². The van der Waals surface area contributed by atoms with Gasteiger partial charge in [0.1, 0.15) is 29.5 Å². The fourth-order valence-electron chi connectivity index (χ4n) is 4.53. The van der Waals surface area contributed by atoms with Gasteiger partial charge >= 0.3 is 5.97 Å². The summed E-state index contributed by atoms with van der Waals surface area (Å²) in [5.74, 6) is -1.31. The number of esters is 1. The number of aliphatic hydroxyl groups excluding tert-OH is 1. The normalized spacial score (nSPS) is 26.2. The van der Waals surface area contributed by atoms with Crippen LogP contribution in [0.4, 0.5) is 0 Å². The number of aliphatic hydroxyl groups is 1. The van der Waals surface area contributed by atoms with Gasteiger partial charge in [-0.2, -0.15) is 5.26 Å². The molecule has 2 aliphatic heterocycles. The number of carbonyl (C=O) groups excluding carboxylic acids is 3. The van der Waals surface area contributed by atoms with Crippen LogP contribution in [-0.4, -0.2) is 58.9 Å². The molecule has 1 fully saturated rings. The van der Waals surface area contributed by atoms with E-state index in [1.165, 1.54) is 24.1 Å². The molecular formula is C30H33N2O8P. The Morgan fingerprint density at radius 2 is 1.83 bits per heavy atom. The summed E-state index contributed by atoms with van der Waals surface area (Å²) < 4.78 is 23.8. The van der Waals surface area contributed by atoms with Gasteiger partial charge in [-0.15, -0.1) is 0 Å². The fraction of sp³-hybridized carbons (Fsp3) is 0.400. The second-order valence-electron chi connectivity index (χ2n) is 10.2. The highest BCUT2D eigenvalue weighted by Gasteiger charge is 2.57. The number of rotatable bonds is 11. The molecule has 11 heteroatoms. The van der Waals surface area contributed by atoms with Gasteiger partial charge in [-0.1, -0.05) is 55.5 Å². The maximum absolute atomic E-state index is 12.9.